The zero-order chi connectivity index (χ0) is 13.5. The van der Waals surface area contributed by atoms with E-state index in [1.165, 1.54) is 0 Å². The van der Waals surface area contributed by atoms with E-state index in [1.807, 2.05) is 38.2 Å². The molecule has 0 radical (unpaired) electrons. The maximum Gasteiger partial charge on any atom is 0.118 e. The maximum atomic E-state index is 5.68. The van der Waals surface area contributed by atoms with Crippen LogP contribution in [0.2, 0.25) is 0 Å². The summed E-state index contributed by atoms with van der Waals surface area (Å²) >= 11 is 0. The van der Waals surface area contributed by atoms with Crippen LogP contribution in [0.5, 0.6) is 0 Å². The Morgan fingerprint density at radius 1 is 1.37 bits per heavy atom. The highest BCUT2D eigenvalue weighted by atomic mass is 16.5. The van der Waals surface area contributed by atoms with Gasteiger partial charge in [-0.15, -0.1) is 0 Å². The number of hydrogen-bond acceptors (Lipinski definition) is 4. The van der Waals surface area contributed by atoms with Crippen LogP contribution in [0.4, 0.5) is 0 Å². The first kappa shape index (κ1) is 13.8. The summed E-state index contributed by atoms with van der Waals surface area (Å²) in [5, 5.41) is 3.07. The highest BCUT2D eigenvalue weighted by Gasteiger charge is 2.06. The second-order valence-electron chi connectivity index (χ2n) is 4.45. The molecule has 0 bridgehead atoms. The molecule has 0 aliphatic heterocycles. The smallest absolute Gasteiger partial charge is 0.118 e. The van der Waals surface area contributed by atoms with E-state index in [-0.39, 0.29) is 0 Å². The second-order valence-corrected chi connectivity index (χ2v) is 4.45. The summed E-state index contributed by atoms with van der Waals surface area (Å²) in [6.45, 7) is 3.97. The van der Waals surface area contributed by atoms with Crippen molar-refractivity contribution in [1.82, 2.24) is 10.3 Å². The minimum absolute atomic E-state index is 0.589. The van der Waals surface area contributed by atoms with Crippen molar-refractivity contribution in [1.29, 1.82) is 0 Å². The minimum atomic E-state index is 0.589. The van der Waals surface area contributed by atoms with Gasteiger partial charge in [0.25, 0.3) is 0 Å². The van der Waals surface area contributed by atoms with Crippen LogP contribution >= 0.6 is 0 Å². The molecule has 0 unspecified atom stereocenters. The summed E-state index contributed by atoms with van der Waals surface area (Å²) in [4.78, 5) is 4.26. The molecule has 0 aliphatic carbocycles. The first-order chi connectivity index (χ1) is 9.29. The number of aromatic nitrogens is 1. The fourth-order valence-corrected chi connectivity index (χ4v) is 1.90. The zero-order valence-electron chi connectivity index (χ0n) is 11.5. The van der Waals surface area contributed by atoms with Gasteiger partial charge in [-0.25, -0.2) is 0 Å². The van der Waals surface area contributed by atoms with Crippen LogP contribution in [-0.2, 0) is 24.3 Å². The quantitative estimate of drug-likeness (QED) is 0.777. The zero-order valence-corrected chi connectivity index (χ0v) is 11.5. The van der Waals surface area contributed by atoms with Crippen LogP contribution in [0, 0.1) is 6.92 Å². The van der Waals surface area contributed by atoms with Crippen molar-refractivity contribution in [2.24, 2.45) is 0 Å². The van der Waals surface area contributed by atoms with Crippen molar-refractivity contribution in [3.63, 3.8) is 0 Å². The predicted octanol–water partition coefficient (Wildman–Crippen LogP) is 2.46. The third kappa shape index (κ3) is 4.19. The lowest BCUT2D eigenvalue weighted by Crippen LogP contribution is -2.03. The normalized spacial score (nSPS) is 10.8. The van der Waals surface area contributed by atoms with Crippen LogP contribution in [0.15, 0.2) is 34.9 Å². The van der Waals surface area contributed by atoms with Crippen LogP contribution < -0.4 is 5.32 Å². The molecular formula is C15H20N2O2. The summed E-state index contributed by atoms with van der Waals surface area (Å²) in [6.07, 6.45) is 2.64. The van der Waals surface area contributed by atoms with Crippen LogP contribution in [0.1, 0.15) is 22.8 Å². The molecule has 4 nitrogen and oxygen atoms in total. The van der Waals surface area contributed by atoms with E-state index in [0.29, 0.717) is 13.2 Å². The average Bonchev–Trinajstić information content (AvgIpc) is 2.77. The van der Waals surface area contributed by atoms with E-state index in [4.69, 9.17) is 9.15 Å². The summed E-state index contributed by atoms with van der Waals surface area (Å²) < 4.78 is 11.3. The number of nitrogens with zero attached hydrogens (tertiary/aromatic N) is 1. The lowest BCUT2D eigenvalue weighted by atomic mass is 10.2. The fourth-order valence-electron chi connectivity index (χ4n) is 1.90. The van der Waals surface area contributed by atoms with Crippen LogP contribution in [-0.4, -0.2) is 18.6 Å². The number of furan rings is 1. The van der Waals surface area contributed by atoms with Gasteiger partial charge >= 0.3 is 0 Å². The van der Waals surface area contributed by atoms with Gasteiger partial charge in [-0.05, 0) is 32.2 Å². The Balaban J connectivity index is 1.76. The molecule has 4 heteroatoms. The lowest BCUT2D eigenvalue weighted by molar-refractivity contribution is 0.122. The molecule has 102 valence electrons. The van der Waals surface area contributed by atoms with Gasteiger partial charge in [-0.3, -0.25) is 4.98 Å². The van der Waals surface area contributed by atoms with Crippen molar-refractivity contribution in [3.05, 3.63) is 53.2 Å². The molecule has 0 fully saturated rings. The van der Waals surface area contributed by atoms with E-state index in [9.17, 15) is 0 Å². The molecule has 19 heavy (non-hydrogen) atoms. The van der Waals surface area contributed by atoms with Crippen molar-refractivity contribution >= 4 is 0 Å². The molecule has 0 aliphatic rings. The van der Waals surface area contributed by atoms with Crippen molar-refractivity contribution in [3.8, 4) is 0 Å². The van der Waals surface area contributed by atoms with Gasteiger partial charge < -0.3 is 14.5 Å². The summed E-state index contributed by atoms with van der Waals surface area (Å²) in [5.41, 5.74) is 2.17. The Bertz CT molecular complexity index is 494. The maximum absolute atomic E-state index is 5.68. The molecule has 0 spiro atoms. The van der Waals surface area contributed by atoms with Gasteiger partial charge in [0.15, 0.2) is 0 Å². The Kier molecular flexibility index (Phi) is 5.12. The van der Waals surface area contributed by atoms with Gasteiger partial charge in [0.1, 0.15) is 11.5 Å². The number of ether oxygens (including phenoxy) is 1. The van der Waals surface area contributed by atoms with E-state index in [1.54, 1.807) is 6.20 Å². The van der Waals surface area contributed by atoms with E-state index in [2.05, 4.69) is 10.3 Å². The number of nitrogens with one attached hydrogen (secondary N) is 1. The summed E-state index contributed by atoms with van der Waals surface area (Å²) in [5.74, 6) is 1.88. The van der Waals surface area contributed by atoms with Crippen molar-refractivity contribution in [2.45, 2.75) is 26.5 Å². The molecule has 2 aromatic heterocycles. The highest BCUT2D eigenvalue weighted by Crippen LogP contribution is 2.15. The van der Waals surface area contributed by atoms with Crippen molar-refractivity contribution in [2.75, 3.05) is 13.7 Å². The van der Waals surface area contributed by atoms with Gasteiger partial charge in [0.05, 0.1) is 19.8 Å². The van der Waals surface area contributed by atoms with Gasteiger partial charge in [0, 0.05) is 23.9 Å². The average molecular weight is 260 g/mol. The number of hydrogen-bond donors (Lipinski definition) is 1. The Morgan fingerprint density at radius 3 is 3.00 bits per heavy atom. The Morgan fingerprint density at radius 2 is 2.26 bits per heavy atom. The first-order valence-corrected chi connectivity index (χ1v) is 6.50. The third-order valence-electron chi connectivity index (χ3n) is 2.91. The molecule has 1 N–H and O–H groups in total. The monoisotopic (exact) mass is 260 g/mol. The van der Waals surface area contributed by atoms with Crippen LogP contribution in [0.3, 0.4) is 0 Å². The largest absolute Gasteiger partial charge is 0.465 e. The first-order valence-electron chi connectivity index (χ1n) is 6.50. The second kappa shape index (κ2) is 7.07. The Hall–Kier alpha value is -1.65. The molecule has 0 atom stereocenters. The number of aryl methyl sites for hydroxylation is 1. The fraction of sp³-hybridized carbons (Fsp3) is 0.400. The van der Waals surface area contributed by atoms with Gasteiger partial charge in [0.2, 0.25) is 0 Å². The molecular weight excluding hydrogens is 240 g/mol. The molecule has 2 aromatic rings. The number of pyridine rings is 1. The third-order valence-corrected chi connectivity index (χ3v) is 2.91. The molecule has 0 amide bonds. The predicted molar refractivity (Wildman–Crippen MR) is 73.8 cm³/mol. The van der Waals surface area contributed by atoms with Gasteiger partial charge in [-0.1, -0.05) is 6.07 Å². The van der Waals surface area contributed by atoms with E-state index < -0.39 is 0 Å². The molecule has 0 saturated carbocycles. The lowest BCUT2D eigenvalue weighted by Gasteiger charge is -2.02. The molecule has 0 saturated heterocycles. The number of rotatable bonds is 7. The van der Waals surface area contributed by atoms with Gasteiger partial charge in [-0.2, -0.15) is 0 Å². The van der Waals surface area contributed by atoms with Crippen LogP contribution in [0.25, 0.3) is 0 Å². The summed E-state index contributed by atoms with van der Waals surface area (Å²) in [6, 6.07) is 7.97. The SMILES string of the molecule is CNCc1cc(COCCc2ccccn2)c(C)o1. The van der Waals surface area contributed by atoms with Crippen molar-refractivity contribution < 1.29 is 9.15 Å². The Labute approximate surface area is 113 Å². The molecule has 2 rings (SSSR count). The van der Waals surface area contributed by atoms with E-state index >= 15 is 0 Å². The minimum Gasteiger partial charge on any atom is -0.465 e. The molecule has 0 aromatic carbocycles. The standard InChI is InChI=1S/C15H20N2O2/c1-12-13(9-15(19-12)10-16-2)11-18-8-6-14-5-3-4-7-17-14/h3-5,7,9,16H,6,8,10-11H2,1-2H3. The van der Waals surface area contributed by atoms with E-state index in [0.717, 1.165) is 35.7 Å². The molecule has 2 heterocycles. The topological polar surface area (TPSA) is 47.3 Å². The summed E-state index contributed by atoms with van der Waals surface area (Å²) in [7, 11) is 1.90. The highest BCUT2D eigenvalue weighted by molar-refractivity contribution is 5.19.